The van der Waals surface area contributed by atoms with Gasteiger partial charge in [-0.05, 0) is 51.5 Å². The Bertz CT molecular complexity index is 606. The second-order valence-electron chi connectivity index (χ2n) is 6.47. The van der Waals surface area contributed by atoms with E-state index >= 15 is 0 Å². The lowest BCUT2D eigenvalue weighted by molar-refractivity contribution is -0.133. The van der Waals surface area contributed by atoms with Crippen LogP contribution in [-0.2, 0) is 9.53 Å². The van der Waals surface area contributed by atoms with Crippen LogP contribution >= 0.6 is 15.9 Å². The Morgan fingerprint density at radius 3 is 2.50 bits per heavy atom. The fourth-order valence-electron chi connectivity index (χ4n) is 3.36. The molecule has 4 nitrogen and oxygen atoms in total. The number of nitrogens with one attached hydrogen (secondary N) is 1. The molecule has 0 saturated heterocycles. The van der Waals surface area contributed by atoms with Gasteiger partial charge in [0.15, 0.2) is 0 Å². The number of hydrogen-bond donors (Lipinski definition) is 2. The Kier molecular flexibility index (Phi) is 6.87. The summed E-state index contributed by atoms with van der Waals surface area (Å²) in [5.74, 6) is 0.152. The van der Waals surface area contributed by atoms with E-state index in [1.807, 2.05) is 31.2 Å². The molecule has 5 heteroatoms. The first-order valence-electron chi connectivity index (χ1n) is 8.42. The number of halogens is 1. The van der Waals surface area contributed by atoms with Gasteiger partial charge in [0, 0.05) is 21.8 Å². The predicted molar refractivity (Wildman–Crippen MR) is 99.3 cm³/mol. The SMILES string of the molecule is COC(=O)C(=C(C)NC(C)C1CCC(O)CC1)c1ccccc1Br. The van der Waals surface area contributed by atoms with Crippen molar-refractivity contribution in [2.45, 2.75) is 51.7 Å². The molecule has 0 spiro atoms. The second-order valence-corrected chi connectivity index (χ2v) is 7.33. The van der Waals surface area contributed by atoms with Crippen LogP contribution in [0.4, 0.5) is 0 Å². The molecule has 1 aromatic carbocycles. The van der Waals surface area contributed by atoms with Crippen molar-refractivity contribution in [2.24, 2.45) is 5.92 Å². The lowest BCUT2D eigenvalue weighted by Crippen LogP contribution is -2.36. The van der Waals surface area contributed by atoms with Crippen LogP contribution < -0.4 is 5.32 Å². The van der Waals surface area contributed by atoms with E-state index in [4.69, 9.17) is 4.74 Å². The normalized spacial score (nSPS) is 23.2. The Labute approximate surface area is 152 Å². The number of esters is 1. The molecule has 0 heterocycles. The minimum Gasteiger partial charge on any atom is -0.465 e. The summed E-state index contributed by atoms with van der Waals surface area (Å²) in [6.07, 6.45) is 3.56. The maximum Gasteiger partial charge on any atom is 0.340 e. The maximum absolute atomic E-state index is 12.3. The fraction of sp³-hybridized carbons (Fsp3) is 0.526. The van der Waals surface area contributed by atoms with E-state index in [-0.39, 0.29) is 18.1 Å². The molecule has 1 aromatic rings. The molecular formula is C19H26BrNO3. The van der Waals surface area contributed by atoms with Gasteiger partial charge in [0.2, 0.25) is 0 Å². The second kappa shape index (κ2) is 8.67. The molecule has 24 heavy (non-hydrogen) atoms. The molecule has 132 valence electrons. The van der Waals surface area contributed by atoms with E-state index in [0.717, 1.165) is 41.4 Å². The number of rotatable bonds is 5. The van der Waals surface area contributed by atoms with Crippen LogP contribution in [0.15, 0.2) is 34.4 Å². The van der Waals surface area contributed by atoms with E-state index in [0.29, 0.717) is 11.5 Å². The van der Waals surface area contributed by atoms with E-state index < -0.39 is 0 Å². The summed E-state index contributed by atoms with van der Waals surface area (Å²) >= 11 is 3.51. The third-order valence-electron chi connectivity index (χ3n) is 4.80. The zero-order chi connectivity index (χ0) is 17.7. The van der Waals surface area contributed by atoms with Crippen molar-refractivity contribution in [1.29, 1.82) is 0 Å². The molecule has 2 rings (SSSR count). The third-order valence-corrected chi connectivity index (χ3v) is 5.49. The van der Waals surface area contributed by atoms with Gasteiger partial charge in [-0.2, -0.15) is 0 Å². The zero-order valence-corrected chi connectivity index (χ0v) is 16.1. The first kappa shape index (κ1) is 19.0. The van der Waals surface area contributed by atoms with E-state index in [1.54, 1.807) is 0 Å². The van der Waals surface area contributed by atoms with Crippen molar-refractivity contribution in [1.82, 2.24) is 5.32 Å². The van der Waals surface area contributed by atoms with Crippen molar-refractivity contribution in [3.63, 3.8) is 0 Å². The van der Waals surface area contributed by atoms with Crippen molar-refractivity contribution in [3.8, 4) is 0 Å². The van der Waals surface area contributed by atoms with Gasteiger partial charge in [-0.25, -0.2) is 4.79 Å². The maximum atomic E-state index is 12.3. The third kappa shape index (κ3) is 4.61. The monoisotopic (exact) mass is 395 g/mol. The molecule has 1 saturated carbocycles. The van der Waals surface area contributed by atoms with Crippen LogP contribution in [0.25, 0.3) is 5.57 Å². The number of carbonyl (C=O) groups is 1. The fourth-order valence-corrected chi connectivity index (χ4v) is 3.85. The largest absolute Gasteiger partial charge is 0.465 e. The molecule has 0 amide bonds. The van der Waals surface area contributed by atoms with Crippen molar-refractivity contribution in [3.05, 3.63) is 40.0 Å². The molecule has 0 aromatic heterocycles. The lowest BCUT2D eigenvalue weighted by atomic mass is 9.83. The number of methoxy groups -OCH3 is 1. The van der Waals surface area contributed by atoms with Crippen molar-refractivity contribution >= 4 is 27.5 Å². The topological polar surface area (TPSA) is 58.6 Å². The van der Waals surface area contributed by atoms with Gasteiger partial charge in [0.25, 0.3) is 0 Å². The Hall–Kier alpha value is -1.33. The molecule has 1 aliphatic rings. The highest BCUT2D eigenvalue weighted by molar-refractivity contribution is 9.10. The van der Waals surface area contributed by atoms with Crippen LogP contribution in [0.5, 0.6) is 0 Å². The van der Waals surface area contributed by atoms with E-state index in [1.165, 1.54) is 7.11 Å². The smallest absolute Gasteiger partial charge is 0.340 e. The molecular weight excluding hydrogens is 370 g/mol. The number of aliphatic hydroxyl groups excluding tert-OH is 1. The summed E-state index contributed by atoms with van der Waals surface area (Å²) in [4.78, 5) is 12.3. The highest BCUT2D eigenvalue weighted by Crippen LogP contribution is 2.30. The van der Waals surface area contributed by atoms with Gasteiger partial charge in [-0.1, -0.05) is 34.1 Å². The molecule has 1 atom stereocenters. The quantitative estimate of drug-likeness (QED) is 0.586. The highest BCUT2D eigenvalue weighted by atomic mass is 79.9. The Morgan fingerprint density at radius 2 is 1.92 bits per heavy atom. The van der Waals surface area contributed by atoms with Crippen molar-refractivity contribution < 1.29 is 14.6 Å². The van der Waals surface area contributed by atoms with Crippen LogP contribution in [0.1, 0.15) is 45.1 Å². The molecule has 0 radical (unpaired) electrons. The summed E-state index contributed by atoms with van der Waals surface area (Å²) in [5.41, 5.74) is 2.18. The number of ether oxygens (including phenoxy) is 1. The molecule has 0 bridgehead atoms. The molecule has 1 unspecified atom stereocenters. The Morgan fingerprint density at radius 1 is 1.29 bits per heavy atom. The molecule has 1 fully saturated rings. The van der Waals surface area contributed by atoms with Crippen LogP contribution in [0.2, 0.25) is 0 Å². The predicted octanol–water partition coefficient (Wildman–Crippen LogP) is 3.88. The average Bonchev–Trinajstić information content (AvgIpc) is 2.57. The molecule has 2 N–H and O–H groups in total. The summed E-state index contributed by atoms with van der Waals surface area (Å²) in [5, 5.41) is 13.1. The lowest BCUT2D eigenvalue weighted by Gasteiger charge is -2.31. The minimum absolute atomic E-state index is 0.156. The number of aliphatic hydroxyl groups is 1. The first-order chi connectivity index (χ1) is 11.4. The van der Waals surface area contributed by atoms with Gasteiger partial charge in [-0.3, -0.25) is 0 Å². The van der Waals surface area contributed by atoms with E-state index in [2.05, 4.69) is 28.2 Å². The number of carbonyl (C=O) groups excluding carboxylic acids is 1. The van der Waals surface area contributed by atoms with Gasteiger partial charge >= 0.3 is 5.97 Å². The van der Waals surface area contributed by atoms with Gasteiger partial charge in [-0.15, -0.1) is 0 Å². The minimum atomic E-state index is -0.349. The zero-order valence-electron chi connectivity index (χ0n) is 14.5. The first-order valence-corrected chi connectivity index (χ1v) is 9.22. The highest BCUT2D eigenvalue weighted by Gasteiger charge is 2.25. The van der Waals surface area contributed by atoms with Gasteiger partial charge in [0.1, 0.15) is 0 Å². The average molecular weight is 396 g/mol. The molecule has 0 aliphatic heterocycles. The summed E-state index contributed by atoms with van der Waals surface area (Å²) in [7, 11) is 1.40. The van der Waals surface area contributed by atoms with E-state index in [9.17, 15) is 9.90 Å². The van der Waals surface area contributed by atoms with Gasteiger partial charge < -0.3 is 15.2 Å². The number of allylic oxidation sites excluding steroid dienone is 1. The van der Waals surface area contributed by atoms with Gasteiger partial charge in [0.05, 0.1) is 18.8 Å². The standard InChI is InChI=1S/C19H26BrNO3/c1-12(14-8-10-15(22)11-9-14)21-13(2)18(19(23)24-3)16-6-4-5-7-17(16)20/h4-7,12,14-15,21-22H,8-11H2,1-3H3. The number of hydrogen-bond acceptors (Lipinski definition) is 4. The summed E-state index contributed by atoms with van der Waals surface area (Å²) in [6, 6.07) is 7.88. The Balaban J connectivity index is 2.23. The van der Waals surface area contributed by atoms with Crippen LogP contribution in [0.3, 0.4) is 0 Å². The van der Waals surface area contributed by atoms with Crippen LogP contribution in [0, 0.1) is 5.92 Å². The molecule has 1 aliphatic carbocycles. The summed E-state index contributed by atoms with van der Waals surface area (Å²) in [6.45, 7) is 4.06. The van der Waals surface area contributed by atoms with Crippen molar-refractivity contribution in [2.75, 3.05) is 7.11 Å². The number of benzene rings is 1. The summed E-state index contributed by atoms with van der Waals surface area (Å²) < 4.78 is 5.85. The van der Waals surface area contributed by atoms with Crippen LogP contribution in [-0.4, -0.2) is 30.3 Å².